The topological polar surface area (TPSA) is 106 Å². The lowest BCUT2D eigenvalue weighted by atomic mass is 9.73. The Morgan fingerprint density at radius 2 is 1.61 bits per heavy atom. The highest BCUT2D eigenvalue weighted by Gasteiger charge is 2.42. The summed E-state index contributed by atoms with van der Waals surface area (Å²) in [6.07, 6.45) is 1.76. The van der Waals surface area contributed by atoms with Crippen LogP contribution in [0.2, 0.25) is 0 Å². The molecule has 0 radical (unpaired) electrons. The van der Waals surface area contributed by atoms with Gasteiger partial charge in [0, 0.05) is 53.8 Å². The van der Waals surface area contributed by atoms with Crippen molar-refractivity contribution in [3.63, 3.8) is 0 Å². The Kier molecular flexibility index (Phi) is 6.90. The number of hydrogen-bond acceptors (Lipinski definition) is 5. The predicted molar refractivity (Wildman–Crippen MR) is 156 cm³/mol. The number of Topliss-reactive ketones (excluding diaryl/α,β-unsaturated/α-hetero) is 1. The van der Waals surface area contributed by atoms with Crippen LogP contribution in [0.4, 0.5) is 5.69 Å². The van der Waals surface area contributed by atoms with Crippen molar-refractivity contribution in [3.05, 3.63) is 124 Å². The molecule has 2 aliphatic rings. The normalized spacial score (nSPS) is 15.0. The van der Waals surface area contributed by atoms with Crippen molar-refractivity contribution in [2.45, 2.75) is 24.7 Å². The summed E-state index contributed by atoms with van der Waals surface area (Å²) in [5.74, 6) is 5.89. The number of nitrogens with two attached hydrogens (primary N) is 1. The Hall–Kier alpha value is -5.09. The number of furan rings is 1. The van der Waals surface area contributed by atoms with Gasteiger partial charge in [0.2, 0.25) is 5.91 Å². The summed E-state index contributed by atoms with van der Waals surface area (Å²) < 4.78 is 5.77. The minimum absolute atomic E-state index is 0.119. The molecule has 204 valence electrons. The van der Waals surface area contributed by atoms with Gasteiger partial charge in [-0.05, 0) is 66.3 Å². The summed E-state index contributed by atoms with van der Waals surface area (Å²) in [4.78, 5) is 40.0. The van der Waals surface area contributed by atoms with Crippen molar-refractivity contribution < 1.29 is 18.8 Å². The van der Waals surface area contributed by atoms with Crippen LogP contribution in [0.15, 0.2) is 89.3 Å². The van der Waals surface area contributed by atoms with Gasteiger partial charge in [-0.1, -0.05) is 54.5 Å². The lowest BCUT2D eigenvalue weighted by molar-refractivity contribution is 0.0643. The van der Waals surface area contributed by atoms with E-state index in [0.29, 0.717) is 30.2 Å². The number of nitrogens with zero attached hydrogens (tertiary/aromatic N) is 1. The summed E-state index contributed by atoms with van der Waals surface area (Å²) in [7, 11) is 0. The molecule has 3 N–H and O–H groups in total. The number of carbonyl (C=O) groups excluding carboxylic acids is 3. The van der Waals surface area contributed by atoms with Crippen LogP contribution < -0.4 is 11.1 Å². The molecular formula is C34H29N3O4. The summed E-state index contributed by atoms with van der Waals surface area (Å²) in [6, 6.07) is 25.8. The second-order valence-corrected chi connectivity index (χ2v) is 10.6. The van der Waals surface area contributed by atoms with E-state index >= 15 is 0 Å². The monoisotopic (exact) mass is 543 g/mol. The smallest absolute Gasteiger partial charge is 0.289 e. The number of primary amides is 1. The first-order valence-corrected chi connectivity index (χ1v) is 13.7. The maximum absolute atomic E-state index is 13.2. The second-order valence-electron chi connectivity index (χ2n) is 10.6. The molecule has 0 unspecified atom stereocenters. The SMILES string of the molecule is NC(=O)c1ccccc1C(=O)Cc1ccc2c(c1)C1(CCN(C(=O)c3ccc(C#Cc4ccccc4)o3)CC1)CN2. The average molecular weight is 544 g/mol. The van der Waals surface area contributed by atoms with E-state index in [2.05, 4.69) is 23.2 Å². The molecule has 4 aromatic rings. The Balaban J connectivity index is 1.13. The van der Waals surface area contributed by atoms with Crippen molar-refractivity contribution >= 4 is 23.3 Å². The molecule has 2 amide bonds. The van der Waals surface area contributed by atoms with Crippen LogP contribution in [-0.4, -0.2) is 42.1 Å². The maximum Gasteiger partial charge on any atom is 0.289 e. The third kappa shape index (κ3) is 5.24. The zero-order valence-electron chi connectivity index (χ0n) is 22.5. The summed E-state index contributed by atoms with van der Waals surface area (Å²) in [5, 5.41) is 3.52. The van der Waals surface area contributed by atoms with Crippen molar-refractivity contribution in [2.24, 2.45) is 5.73 Å². The summed E-state index contributed by atoms with van der Waals surface area (Å²) in [6.45, 7) is 1.98. The van der Waals surface area contributed by atoms with Gasteiger partial charge in [-0.2, -0.15) is 0 Å². The third-order valence-electron chi connectivity index (χ3n) is 8.06. The number of amides is 2. The molecular weight excluding hydrogens is 514 g/mol. The van der Waals surface area contributed by atoms with E-state index < -0.39 is 5.91 Å². The number of benzene rings is 3. The highest BCUT2D eigenvalue weighted by atomic mass is 16.3. The zero-order valence-corrected chi connectivity index (χ0v) is 22.5. The van der Waals surface area contributed by atoms with E-state index in [-0.39, 0.29) is 29.1 Å². The molecule has 3 aromatic carbocycles. The molecule has 3 heterocycles. The number of hydrogen-bond donors (Lipinski definition) is 2. The molecule has 0 bridgehead atoms. The van der Waals surface area contributed by atoms with Gasteiger partial charge in [0.15, 0.2) is 17.3 Å². The molecule has 7 heteroatoms. The zero-order chi connectivity index (χ0) is 28.4. The van der Waals surface area contributed by atoms with Crippen LogP contribution in [0.5, 0.6) is 0 Å². The standard InChI is InChI=1S/C34H29N3O4/c35-32(39)27-9-5-4-8-26(27)30(38)21-24-11-14-29-28(20-24)34(22-36-29)16-18-37(19-17-34)33(40)31-15-13-25(41-31)12-10-23-6-2-1-3-7-23/h1-9,11,13-15,20,36H,16-19,21-22H2,(H2,35,39). The third-order valence-corrected chi connectivity index (χ3v) is 8.06. The van der Waals surface area contributed by atoms with Crippen LogP contribution in [0, 0.1) is 11.8 Å². The van der Waals surface area contributed by atoms with Gasteiger partial charge in [-0.15, -0.1) is 0 Å². The fourth-order valence-electron chi connectivity index (χ4n) is 5.79. The number of piperidine rings is 1. The maximum atomic E-state index is 13.2. The fourth-order valence-corrected chi connectivity index (χ4v) is 5.79. The molecule has 1 fully saturated rings. The number of anilines is 1. The van der Waals surface area contributed by atoms with E-state index in [1.165, 1.54) is 5.56 Å². The van der Waals surface area contributed by atoms with Crippen LogP contribution in [0.1, 0.15) is 66.6 Å². The molecule has 6 rings (SSSR count). The van der Waals surface area contributed by atoms with Gasteiger partial charge in [-0.3, -0.25) is 14.4 Å². The molecule has 1 saturated heterocycles. The van der Waals surface area contributed by atoms with Crippen LogP contribution in [0.25, 0.3) is 0 Å². The molecule has 7 nitrogen and oxygen atoms in total. The molecule has 41 heavy (non-hydrogen) atoms. The highest BCUT2D eigenvalue weighted by molar-refractivity contribution is 6.08. The molecule has 0 saturated carbocycles. The molecule has 0 atom stereocenters. The van der Waals surface area contributed by atoms with Crippen molar-refractivity contribution in [1.82, 2.24) is 4.90 Å². The molecule has 0 aliphatic carbocycles. The molecule has 1 aromatic heterocycles. The van der Waals surface area contributed by atoms with Gasteiger partial charge in [0.05, 0.1) is 0 Å². The van der Waals surface area contributed by atoms with E-state index in [9.17, 15) is 14.4 Å². The lowest BCUT2D eigenvalue weighted by Gasteiger charge is -2.39. The van der Waals surface area contributed by atoms with Crippen molar-refractivity contribution in [2.75, 3.05) is 25.0 Å². The molecule has 2 aliphatic heterocycles. The van der Waals surface area contributed by atoms with Crippen LogP contribution in [-0.2, 0) is 11.8 Å². The van der Waals surface area contributed by atoms with E-state index in [0.717, 1.165) is 36.2 Å². The quantitative estimate of drug-likeness (QED) is 0.278. The number of fused-ring (bicyclic) bond motifs is 2. The Morgan fingerprint density at radius 1 is 0.878 bits per heavy atom. The number of rotatable bonds is 5. The first-order valence-electron chi connectivity index (χ1n) is 13.7. The van der Waals surface area contributed by atoms with E-state index in [1.54, 1.807) is 36.4 Å². The van der Waals surface area contributed by atoms with E-state index in [1.807, 2.05) is 47.4 Å². The largest absolute Gasteiger partial charge is 0.443 e. The number of ketones is 1. The van der Waals surface area contributed by atoms with E-state index in [4.69, 9.17) is 10.2 Å². The first-order chi connectivity index (χ1) is 19.9. The average Bonchev–Trinajstić information content (AvgIpc) is 3.62. The summed E-state index contributed by atoms with van der Waals surface area (Å²) >= 11 is 0. The number of likely N-dealkylation sites (tertiary alicyclic amines) is 1. The van der Waals surface area contributed by atoms with Gasteiger partial charge in [-0.25, -0.2) is 0 Å². The fraction of sp³-hybridized carbons (Fsp3) is 0.206. The molecule has 1 spiro atoms. The van der Waals surface area contributed by atoms with Crippen LogP contribution in [0.3, 0.4) is 0 Å². The summed E-state index contributed by atoms with van der Waals surface area (Å²) in [5.41, 5.74) is 9.94. The van der Waals surface area contributed by atoms with Gasteiger partial charge >= 0.3 is 0 Å². The minimum atomic E-state index is -0.613. The second kappa shape index (κ2) is 10.8. The van der Waals surface area contributed by atoms with Gasteiger partial charge < -0.3 is 20.4 Å². The lowest BCUT2D eigenvalue weighted by Crippen LogP contribution is -2.46. The van der Waals surface area contributed by atoms with Gasteiger partial charge in [0.1, 0.15) is 0 Å². The highest BCUT2D eigenvalue weighted by Crippen LogP contribution is 2.44. The Morgan fingerprint density at radius 3 is 2.37 bits per heavy atom. The van der Waals surface area contributed by atoms with Gasteiger partial charge in [0.25, 0.3) is 5.91 Å². The Bertz CT molecular complexity index is 1700. The van der Waals surface area contributed by atoms with Crippen LogP contribution >= 0.6 is 0 Å². The predicted octanol–water partition coefficient (Wildman–Crippen LogP) is 4.80. The Labute approximate surface area is 238 Å². The van der Waals surface area contributed by atoms with Crippen molar-refractivity contribution in [1.29, 1.82) is 0 Å². The van der Waals surface area contributed by atoms with Crippen molar-refractivity contribution in [3.8, 4) is 11.8 Å². The minimum Gasteiger partial charge on any atom is -0.443 e. The number of carbonyl (C=O) groups is 3. The number of nitrogens with one attached hydrogen (secondary N) is 1. The first kappa shape index (κ1) is 26.1.